The van der Waals surface area contributed by atoms with Crippen LogP contribution in [0.5, 0.6) is 11.5 Å². The average molecular weight is 356 g/mol. The van der Waals surface area contributed by atoms with E-state index in [0.29, 0.717) is 19.6 Å². The van der Waals surface area contributed by atoms with Gasteiger partial charge in [0.15, 0.2) is 0 Å². The molecule has 6 nitrogen and oxygen atoms in total. The van der Waals surface area contributed by atoms with Gasteiger partial charge < -0.3 is 20.4 Å². The Hall–Kier alpha value is -2.73. The van der Waals surface area contributed by atoms with E-state index in [0.717, 1.165) is 29.5 Å². The Morgan fingerprint density at radius 3 is 2.62 bits per heavy atom. The summed E-state index contributed by atoms with van der Waals surface area (Å²) in [7, 11) is 0. The van der Waals surface area contributed by atoms with Crippen molar-refractivity contribution in [2.45, 2.75) is 32.2 Å². The zero-order chi connectivity index (χ0) is 18.5. The second kappa shape index (κ2) is 8.10. The van der Waals surface area contributed by atoms with Crippen LogP contribution >= 0.6 is 0 Å². The highest BCUT2D eigenvalue weighted by atomic mass is 16.7. The smallest absolute Gasteiger partial charge is 0.426 e. The van der Waals surface area contributed by atoms with Crippen LogP contribution in [0.3, 0.4) is 0 Å². The van der Waals surface area contributed by atoms with Gasteiger partial charge in [0.25, 0.3) is 0 Å². The van der Waals surface area contributed by atoms with E-state index in [-0.39, 0.29) is 17.4 Å². The van der Waals surface area contributed by atoms with Crippen LogP contribution in [0, 0.1) is 6.92 Å². The topological polar surface area (TPSA) is 82.0 Å². The second-order valence-electron chi connectivity index (χ2n) is 6.61. The molecule has 6 heteroatoms. The Morgan fingerprint density at radius 1 is 1.19 bits per heavy atom. The summed E-state index contributed by atoms with van der Waals surface area (Å²) in [5, 5.41) is 23.8. The molecule has 0 unspecified atom stereocenters. The molecule has 1 amide bonds. The minimum Gasteiger partial charge on any atom is -0.508 e. The molecule has 1 heterocycles. The number of amides is 1. The fourth-order valence-electron chi connectivity index (χ4n) is 3.26. The van der Waals surface area contributed by atoms with Gasteiger partial charge in [-0.05, 0) is 48.4 Å². The molecule has 0 atom stereocenters. The molecule has 138 valence electrons. The zero-order valence-electron chi connectivity index (χ0n) is 14.8. The first-order valence-corrected chi connectivity index (χ1v) is 8.80. The number of carbonyl (C=O) groups is 1. The highest BCUT2D eigenvalue weighted by molar-refractivity contribution is 5.66. The van der Waals surface area contributed by atoms with Gasteiger partial charge in [-0.15, -0.1) is 5.06 Å². The van der Waals surface area contributed by atoms with Gasteiger partial charge in [-0.25, -0.2) is 4.79 Å². The van der Waals surface area contributed by atoms with Gasteiger partial charge in [-0.3, -0.25) is 0 Å². The van der Waals surface area contributed by atoms with Crippen molar-refractivity contribution < 1.29 is 19.8 Å². The Labute approximate surface area is 153 Å². The van der Waals surface area contributed by atoms with Gasteiger partial charge >= 0.3 is 6.09 Å². The molecule has 3 rings (SSSR count). The molecule has 3 N–H and O–H groups in total. The molecule has 0 radical (unpaired) electrons. The first-order chi connectivity index (χ1) is 12.5. The summed E-state index contributed by atoms with van der Waals surface area (Å²) in [5.41, 5.74) is 3.01. The molecule has 0 bridgehead atoms. The predicted octanol–water partition coefficient (Wildman–Crippen LogP) is 3.43. The van der Waals surface area contributed by atoms with E-state index >= 15 is 0 Å². The highest BCUT2D eigenvalue weighted by Crippen LogP contribution is 2.35. The monoisotopic (exact) mass is 356 g/mol. The maximum atomic E-state index is 12.0. The van der Waals surface area contributed by atoms with Gasteiger partial charge in [0, 0.05) is 25.7 Å². The summed E-state index contributed by atoms with van der Waals surface area (Å²) < 4.78 is 0. The number of phenols is 2. The van der Waals surface area contributed by atoms with Gasteiger partial charge in [-0.2, -0.15) is 0 Å². The first-order valence-electron chi connectivity index (χ1n) is 8.80. The number of rotatable bonds is 4. The lowest BCUT2D eigenvalue weighted by Crippen LogP contribution is -2.38. The number of nitrogens with one attached hydrogen (secondary N) is 1. The number of aromatic hydroxyl groups is 2. The van der Waals surface area contributed by atoms with E-state index in [2.05, 4.69) is 5.32 Å². The average Bonchev–Trinajstić information content (AvgIpc) is 2.62. The Kier molecular flexibility index (Phi) is 5.63. The number of carbonyl (C=O) groups excluding carboxylic acids is 1. The third-order valence-corrected chi connectivity index (χ3v) is 4.80. The third kappa shape index (κ3) is 4.46. The van der Waals surface area contributed by atoms with Crippen LogP contribution in [0.4, 0.5) is 4.79 Å². The fourth-order valence-corrected chi connectivity index (χ4v) is 3.26. The number of hydroxylamine groups is 2. The van der Waals surface area contributed by atoms with E-state index in [1.165, 1.54) is 6.07 Å². The number of hydrogen-bond acceptors (Lipinski definition) is 5. The lowest BCUT2D eigenvalue weighted by molar-refractivity contribution is -0.113. The number of nitrogens with zero attached hydrogens (tertiary/aromatic N) is 1. The van der Waals surface area contributed by atoms with Crippen molar-refractivity contribution in [3.8, 4) is 11.5 Å². The minimum atomic E-state index is -0.459. The molecule has 0 aliphatic carbocycles. The number of phenolic OH excluding ortho intramolecular Hbond substituents is 2. The van der Waals surface area contributed by atoms with Crippen molar-refractivity contribution in [2.75, 3.05) is 13.1 Å². The fraction of sp³-hybridized carbons (Fsp3) is 0.350. The van der Waals surface area contributed by atoms with Crippen molar-refractivity contribution in [3.05, 3.63) is 59.2 Å². The number of aryl methyl sites for hydroxylation is 1. The Balaban J connectivity index is 1.46. The van der Waals surface area contributed by atoms with Crippen LogP contribution in [0.25, 0.3) is 0 Å². The SMILES string of the molecule is Cc1ccccc1CNC(=O)ON1CCC(c2ccc(O)cc2O)CC1. The van der Waals surface area contributed by atoms with Crippen LogP contribution in [-0.4, -0.2) is 34.5 Å². The standard InChI is InChI=1S/C20H24N2O4/c1-14-4-2-3-5-16(14)13-21-20(25)26-22-10-8-15(9-11-22)18-7-6-17(23)12-19(18)24/h2-7,12,15,23-24H,8-11,13H2,1H3,(H,21,25). The van der Waals surface area contributed by atoms with Crippen molar-refractivity contribution in [2.24, 2.45) is 0 Å². The van der Waals surface area contributed by atoms with E-state index in [1.807, 2.05) is 31.2 Å². The van der Waals surface area contributed by atoms with Crippen LogP contribution in [-0.2, 0) is 11.4 Å². The van der Waals surface area contributed by atoms with Gasteiger partial charge in [-0.1, -0.05) is 30.3 Å². The van der Waals surface area contributed by atoms with Crippen LogP contribution in [0.15, 0.2) is 42.5 Å². The lowest BCUT2D eigenvalue weighted by atomic mass is 9.89. The maximum absolute atomic E-state index is 12.0. The van der Waals surface area contributed by atoms with Crippen molar-refractivity contribution in [3.63, 3.8) is 0 Å². The molecule has 1 saturated heterocycles. The molecule has 0 saturated carbocycles. The van der Waals surface area contributed by atoms with Gasteiger partial charge in [0.05, 0.1) is 0 Å². The van der Waals surface area contributed by atoms with Crippen molar-refractivity contribution in [1.82, 2.24) is 10.4 Å². The highest BCUT2D eigenvalue weighted by Gasteiger charge is 2.25. The summed E-state index contributed by atoms with van der Waals surface area (Å²) in [5.74, 6) is 0.350. The Bertz CT molecular complexity index is 770. The maximum Gasteiger partial charge on any atom is 0.426 e. The summed E-state index contributed by atoms with van der Waals surface area (Å²) >= 11 is 0. The van der Waals surface area contributed by atoms with Gasteiger partial charge in [0.2, 0.25) is 0 Å². The van der Waals surface area contributed by atoms with Crippen molar-refractivity contribution >= 4 is 6.09 Å². The lowest BCUT2D eigenvalue weighted by Gasteiger charge is -2.30. The molecule has 26 heavy (non-hydrogen) atoms. The first kappa shape index (κ1) is 18.1. The number of piperidine rings is 1. The largest absolute Gasteiger partial charge is 0.508 e. The quantitative estimate of drug-likeness (QED) is 0.782. The van der Waals surface area contributed by atoms with Crippen LogP contribution < -0.4 is 5.32 Å². The van der Waals surface area contributed by atoms with Crippen LogP contribution in [0.1, 0.15) is 35.4 Å². The summed E-state index contributed by atoms with van der Waals surface area (Å²) in [6.07, 6.45) is 1.08. The molecule has 2 aromatic carbocycles. The van der Waals surface area contributed by atoms with E-state index in [4.69, 9.17) is 4.84 Å². The normalized spacial score (nSPS) is 15.6. The summed E-state index contributed by atoms with van der Waals surface area (Å²) in [4.78, 5) is 17.4. The summed E-state index contributed by atoms with van der Waals surface area (Å²) in [6, 6.07) is 12.6. The van der Waals surface area contributed by atoms with E-state index in [1.54, 1.807) is 17.2 Å². The molecule has 1 aliphatic rings. The van der Waals surface area contributed by atoms with Crippen LogP contribution in [0.2, 0.25) is 0 Å². The Morgan fingerprint density at radius 2 is 1.92 bits per heavy atom. The van der Waals surface area contributed by atoms with Gasteiger partial charge in [0.1, 0.15) is 11.5 Å². The van der Waals surface area contributed by atoms with E-state index < -0.39 is 6.09 Å². The van der Waals surface area contributed by atoms with Crippen molar-refractivity contribution in [1.29, 1.82) is 0 Å². The molecule has 2 aromatic rings. The van der Waals surface area contributed by atoms with E-state index in [9.17, 15) is 15.0 Å². The molecular weight excluding hydrogens is 332 g/mol. The minimum absolute atomic E-state index is 0.0531. The number of hydrogen-bond donors (Lipinski definition) is 3. The second-order valence-corrected chi connectivity index (χ2v) is 6.61. The molecular formula is C20H24N2O4. The predicted molar refractivity (Wildman–Crippen MR) is 97.8 cm³/mol. The molecule has 0 aromatic heterocycles. The zero-order valence-corrected chi connectivity index (χ0v) is 14.8. The summed E-state index contributed by atoms with van der Waals surface area (Å²) in [6.45, 7) is 3.64. The molecule has 1 aliphatic heterocycles. The molecule has 1 fully saturated rings. The number of benzene rings is 2. The molecule has 0 spiro atoms. The third-order valence-electron chi connectivity index (χ3n) is 4.80.